The van der Waals surface area contributed by atoms with Gasteiger partial charge in [0.05, 0.1) is 18.8 Å². The van der Waals surface area contributed by atoms with Crippen LogP contribution in [0, 0.1) is 6.92 Å². The molecule has 3 aromatic rings. The summed E-state index contributed by atoms with van der Waals surface area (Å²) in [5, 5.41) is 9.19. The molecule has 2 fully saturated rings. The number of piperazine rings is 1. The monoisotopic (exact) mass is 604 g/mol. The van der Waals surface area contributed by atoms with E-state index in [4.69, 9.17) is 4.74 Å². The van der Waals surface area contributed by atoms with Gasteiger partial charge in [-0.2, -0.15) is 0 Å². The maximum atomic E-state index is 13.8. The van der Waals surface area contributed by atoms with Crippen molar-refractivity contribution < 1.29 is 19.1 Å². The minimum absolute atomic E-state index is 0.202. The number of rotatable bonds is 5. The van der Waals surface area contributed by atoms with Crippen molar-refractivity contribution in [3.63, 3.8) is 0 Å². The molecule has 4 heterocycles. The molecule has 228 valence electrons. The third kappa shape index (κ3) is 6.37. The predicted molar refractivity (Wildman–Crippen MR) is 171 cm³/mol. The van der Waals surface area contributed by atoms with Crippen molar-refractivity contribution >= 4 is 45.7 Å². The molecule has 0 radical (unpaired) electrons. The molecule has 1 aromatic carbocycles. The third-order valence-electron chi connectivity index (χ3n) is 8.00. The molecule has 0 saturated carbocycles. The van der Waals surface area contributed by atoms with Gasteiger partial charge in [-0.15, -0.1) is 11.3 Å². The molecule has 0 unspecified atom stereocenters. The summed E-state index contributed by atoms with van der Waals surface area (Å²) in [4.78, 5) is 49.1. The number of amides is 4. The molecule has 2 aromatic heterocycles. The number of urea groups is 1. The zero-order valence-electron chi connectivity index (χ0n) is 25.7. The number of ether oxygens (including phenoxy) is 1. The number of hydrogen-bond acceptors (Lipinski definition) is 7. The first-order valence-corrected chi connectivity index (χ1v) is 15.4. The molecule has 10 nitrogen and oxygen atoms in total. The summed E-state index contributed by atoms with van der Waals surface area (Å²) in [5.74, 6) is 0.433. The fourth-order valence-corrected chi connectivity index (χ4v) is 6.38. The molecule has 43 heavy (non-hydrogen) atoms. The van der Waals surface area contributed by atoms with Crippen molar-refractivity contribution in [1.82, 2.24) is 15.2 Å². The zero-order chi connectivity index (χ0) is 30.9. The van der Waals surface area contributed by atoms with Crippen LogP contribution in [0.1, 0.15) is 55.4 Å². The van der Waals surface area contributed by atoms with E-state index in [0.29, 0.717) is 42.6 Å². The van der Waals surface area contributed by atoms with Crippen LogP contribution in [0.3, 0.4) is 0 Å². The highest BCUT2D eigenvalue weighted by Crippen LogP contribution is 2.38. The van der Waals surface area contributed by atoms with Gasteiger partial charge in [-0.3, -0.25) is 14.9 Å². The first-order valence-electron chi connectivity index (χ1n) is 14.6. The van der Waals surface area contributed by atoms with Gasteiger partial charge in [0, 0.05) is 48.5 Å². The van der Waals surface area contributed by atoms with Crippen LogP contribution in [0.2, 0.25) is 0 Å². The smallest absolute Gasteiger partial charge is 0.324 e. The Balaban J connectivity index is 1.36. The number of carbonyl (C=O) groups excluding carboxylic acids is 3. The fraction of sp³-hybridized carbons (Fsp3) is 0.438. The van der Waals surface area contributed by atoms with E-state index in [1.807, 2.05) is 49.5 Å². The molecule has 4 amide bonds. The molecule has 5 rings (SSSR count). The number of carbonyl (C=O) groups is 3. The molecule has 2 saturated heterocycles. The van der Waals surface area contributed by atoms with Crippen LogP contribution in [-0.2, 0) is 14.9 Å². The zero-order valence-corrected chi connectivity index (χ0v) is 26.5. The SMILES string of the molecule is Cc1c(NC(=O)Nc2sc(C(C)(C)C)cc2C(=O)N2CCNC(=O)C2(C)C)cccc1-c1ccc(N2CCOCC2)nc1. The number of aromatic nitrogens is 1. The lowest BCUT2D eigenvalue weighted by Gasteiger charge is -2.41. The van der Waals surface area contributed by atoms with Crippen LogP contribution in [0.4, 0.5) is 21.3 Å². The van der Waals surface area contributed by atoms with Crippen LogP contribution in [0.25, 0.3) is 11.1 Å². The van der Waals surface area contributed by atoms with Crippen LogP contribution in [-0.4, -0.2) is 72.7 Å². The molecule has 0 bridgehead atoms. The molecule has 2 aliphatic rings. The summed E-state index contributed by atoms with van der Waals surface area (Å²) in [6.07, 6.45) is 1.86. The Morgan fingerprint density at radius 2 is 1.81 bits per heavy atom. The minimum Gasteiger partial charge on any atom is -0.378 e. The van der Waals surface area contributed by atoms with E-state index < -0.39 is 11.6 Å². The highest BCUT2D eigenvalue weighted by atomic mass is 32.1. The van der Waals surface area contributed by atoms with Crippen molar-refractivity contribution in [2.24, 2.45) is 0 Å². The van der Waals surface area contributed by atoms with Gasteiger partial charge in [0.2, 0.25) is 5.91 Å². The van der Waals surface area contributed by atoms with Crippen molar-refractivity contribution in [1.29, 1.82) is 0 Å². The summed E-state index contributed by atoms with van der Waals surface area (Å²) < 4.78 is 5.44. The second-order valence-electron chi connectivity index (χ2n) is 12.4. The van der Waals surface area contributed by atoms with Gasteiger partial charge in [-0.05, 0) is 61.6 Å². The van der Waals surface area contributed by atoms with E-state index in [2.05, 4.69) is 46.6 Å². The average molecular weight is 605 g/mol. The first-order chi connectivity index (χ1) is 20.4. The van der Waals surface area contributed by atoms with Crippen molar-refractivity contribution in [2.75, 3.05) is 54.9 Å². The van der Waals surface area contributed by atoms with Gasteiger partial charge in [0.25, 0.3) is 5.91 Å². The lowest BCUT2D eigenvalue weighted by atomic mass is 9.93. The topological polar surface area (TPSA) is 116 Å². The Bertz CT molecular complexity index is 1520. The number of thiophene rings is 1. The van der Waals surface area contributed by atoms with Crippen molar-refractivity contribution in [2.45, 2.75) is 52.5 Å². The van der Waals surface area contributed by atoms with Crippen LogP contribution < -0.4 is 20.9 Å². The van der Waals surface area contributed by atoms with Crippen LogP contribution in [0.5, 0.6) is 0 Å². The van der Waals surface area contributed by atoms with Gasteiger partial charge < -0.3 is 25.2 Å². The van der Waals surface area contributed by atoms with E-state index in [1.54, 1.807) is 18.7 Å². The van der Waals surface area contributed by atoms with E-state index >= 15 is 0 Å². The highest BCUT2D eigenvalue weighted by Gasteiger charge is 2.42. The molecule has 11 heteroatoms. The van der Waals surface area contributed by atoms with Gasteiger partial charge in [-0.1, -0.05) is 32.9 Å². The van der Waals surface area contributed by atoms with E-state index in [9.17, 15) is 14.4 Å². The Morgan fingerprint density at radius 1 is 1.07 bits per heavy atom. The van der Waals surface area contributed by atoms with E-state index in [0.717, 1.165) is 40.5 Å². The normalized spacial score (nSPS) is 16.9. The number of benzene rings is 1. The predicted octanol–water partition coefficient (Wildman–Crippen LogP) is 5.25. The number of hydrogen-bond donors (Lipinski definition) is 3. The lowest BCUT2D eigenvalue weighted by molar-refractivity contribution is -0.133. The first kappa shape index (κ1) is 30.5. The maximum absolute atomic E-state index is 13.8. The molecule has 0 spiro atoms. The van der Waals surface area contributed by atoms with Crippen LogP contribution >= 0.6 is 11.3 Å². The number of nitrogens with zero attached hydrogens (tertiary/aromatic N) is 3. The molecule has 0 atom stereocenters. The summed E-state index contributed by atoms with van der Waals surface area (Å²) in [5.41, 5.74) is 2.61. The second kappa shape index (κ2) is 12.0. The number of anilines is 3. The van der Waals surface area contributed by atoms with Gasteiger partial charge in [0.1, 0.15) is 16.4 Å². The fourth-order valence-electron chi connectivity index (χ4n) is 5.28. The van der Waals surface area contributed by atoms with Crippen molar-refractivity contribution in [3.8, 4) is 11.1 Å². The summed E-state index contributed by atoms with van der Waals surface area (Å²) >= 11 is 1.38. The Labute approximate surface area is 256 Å². The Morgan fingerprint density at radius 3 is 2.49 bits per heavy atom. The summed E-state index contributed by atoms with van der Waals surface area (Å²) in [6.45, 7) is 15.4. The minimum atomic E-state index is -1.01. The Hall–Kier alpha value is -3.96. The molecule has 3 N–H and O–H groups in total. The quantitative estimate of drug-likeness (QED) is 0.367. The average Bonchev–Trinajstić information content (AvgIpc) is 3.40. The van der Waals surface area contributed by atoms with Gasteiger partial charge in [0.15, 0.2) is 0 Å². The third-order valence-corrected chi connectivity index (χ3v) is 9.48. The van der Waals surface area contributed by atoms with Crippen LogP contribution in [0.15, 0.2) is 42.6 Å². The Kier molecular flexibility index (Phi) is 8.49. The second-order valence-corrected chi connectivity index (χ2v) is 13.5. The summed E-state index contributed by atoms with van der Waals surface area (Å²) in [7, 11) is 0. The molecular formula is C32H40N6O4S. The lowest BCUT2D eigenvalue weighted by Crippen LogP contribution is -2.63. The van der Waals surface area contributed by atoms with Gasteiger partial charge >= 0.3 is 6.03 Å². The molecule has 0 aliphatic carbocycles. The van der Waals surface area contributed by atoms with E-state index in [1.165, 1.54) is 11.3 Å². The number of morpholine rings is 1. The number of nitrogens with one attached hydrogen (secondary N) is 3. The van der Waals surface area contributed by atoms with Crippen molar-refractivity contribution in [3.05, 3.63) is 58.6 Å². The van der Waals surface area contributed by atoms with Gasteiger partial charge in [-0.25, -0.2) is 9.78 Å². The molecular weight excluding hydrogens is 564 g/mol. The highest BCUT2D eigenvalue weighted by molar-refractivity contribution is 7.16. The molecule has 2 aliphatic heterocycles. The largest absolute Gasteiger partial charge is 0.378 e. The standard InChI is InChI=1S/C32H40N6O4S/c1-20-22(21-10-11-26(34-19-21)37-14-16-42-17-15-37)8-7-9-24(20)35-30(41)36-27-23(18-25(43-27)31(2,3)4)28(39)38-13-12-33-29(40)32(38,5)6/h7-11,18-19H,12-17H2,1-6H3,(H,33,40)(H2,35,36,41). The van der Waals surface area contributed by atoms with E-state index in [-0.39, 0.29) is 17.2 Å². The number of pyridine rings is 1. The maximum Gasteiger partial charge on any atom is 0.324 e. The summed E-state index contributed by atoms with van der Waals surface area (Å²) in [6, 6.07) is 11.2.